The molecule has 0 saturated heterocycles. The Kier molecular flexibility index (Phi) is 5.26. The average molecular weight is 298 g/mol. The molecule has 2 aromatic rings. The number of nitrogens with two attached hydrogens (primary N) is 1. The summed E-state index contributed by atoms with van der Waals surface area (Å²) in [5.41, 5.74) is 8.00. The van der Waals surface area contributed by atoms with Crippen molar-refractivity contribution >= 4 is 34.8 Å². The first-order valence-electron chi connectivity index (χ1n) is 5.49. The van der Waals surface area contributed by atoms with Gasteiger partial charge in [-0.2, -0.15) is 4.99 Å². The van der Waals surface area contributed by atoms with Gasteiger partial charge in [0.2, 0.25) is 5.13 Å². The lowest BCUT2D eigenvalue weighted by Crippen LogP contribution is -2.29. The van der Waals surface area contributed by atoms with Gasteiger partial charge in [-0.25, -0.2) is 0 Å². The van der Waals surface area contributed by atoms with Crippen LogP contribution in [0.5, 0.6) is 0 Å². The Labute approximate surface area is 122 Å². The molecule has 0 aliphatic heterocycles. The molecule has 1 aromatic carbocycles. The van der Waals surface area contributed by atoms with Crippen LogP contribution in [0.4, 0.5) is 5.13 Å². The van der Waals surface area contributed by atoms with Crippen molar-refractivity contribution < 1.29 is 0 Å². The summed E-state index contributed by atoms with van der Waals surface area (Å²) in [6.07, 6.45) is 0. The van der Waals surface area contributed by atoms with Crippen molar-refractivity contribution in [2.45, 2.75) is 6.92 Å². The third kappa shape index (κ3) is 3.65. The fourth-order valence-electron chi connectivity index (χ4n) is 1.38. The largest absolute Gasteiger partial charge is 0.369 e. The van der Waals surface area contributed by atoms with Gasteiger partial charge in [-0.05, 0) is 12.5 Å². The summed E-state index contributed by atoms with van der Waals surface area (Å²) in [6.45, 7) is 2.05. The number of aromatic nitrogens is 2. The third-order valence-corrected chi connectivity index (χ3v) is 3.31. The molecule has 0 aliphatic carbocycles. The number of rotatable bonds is 2. The number of halogens is 1. The molecule has 0 radical (unpaired) electrons. The Morgan fingerprint density at radius 2 is 1.95 bits per heavy atom. The highest BCUT2D eigenvalue weighted by atomic mass is 35.5. The monoisotopic (exact) mass is 297 g/mol. The van der Waals surface area contributed by atoms with Gasteiger partial charge in [0, 0.05) is 19.7 Å². The molecule has 0 spiro atoms. The maximum absolute atomic E-state index is 5.74. The Balaban J connectivity index is 0.00000180. The summed E-state index contributed by atoms with van der Waals surface area (Å²) in [6, 6.07) is 8.07. The number of aliphatic imine (C=N–C) groups is 1. The maximum atomic E-state index is 5.74. The Morgan fingerprint density at radius 3 is 2.58 bits per heavy atom. The summed E-state index contributed by atoms with van der Waals surface area (Å²) in [5.74, 6) is 0.419. The van der Waals surface area contributed by atoms with Crippen LogP contribution in [0.3, 0.4) is 0 Å². The average Bonchev–Trinajstić information content (AvgIpc) is 2.77. The van der Waals surface area contributed by atoms with Crippen molar-refractivity contribution in [3.63, 3.8) is 0 Å². The highest BCUT2D eigenvalue weighted by Crippen LogP contribution is 2.29. The molecule has 0 aliphatic rings. The molecule has 2 N–H and O–H groups in total. The first kappa shape index (κ1) is 15.4. The molecule has 0 amide bonds. The molecule has 0 fully saturated rings. The van der Waals surface area contributed by atoms with Crippen molar-refractivity contribution in [3.05, 3.63) is 29.8 Å². The molecule has 2 rings (SSSR count). The number of hydrogen-bond donors (Lipinski definition) is 1. The fraction of sp³-hybridized carbons (Fsp3) is 0.250. The summed E-state index contributed by atoms with van der Waals surface area (Å²) in [7, 11) is 3.67. The van der Waals surface area contributed by atoms with Gasteiger partial charge in [-0.15, -0.1) is 22.6 Å². The minimum absolute atomic E-state index is 0. The molecular weight excluding hydrogens is 282 g/mol. The zero-order valence-electron chi connectivity index (χ0n) is 11.0. The van der Waals surface area contributed by atoms with Crippen LogP contribution >= 0.6 is 23.7 Å². The third-order valence-electron chi connectivity index (χ3n) is 2.46. The molecule has 0 unspecified atom stereocenters. The normalized spacial score (nSPS) is 11.0. The van der Waals surface area contributed by atoms with Gasteiger partial charge >= 0.3 is 0 Å². The van der Waals surface area contributed by atoms with Crippen molar-refractivity contribution in [2.24, 2.45) is 10.7 Å². The Bertz CT molecular complexity index is 579. The van der Waals surface area contributed by atoms with Gasteiger partial charge in [0.25, 0.3) is 0 Å². The minimum Gasteiger partial charge on any atom is -0.369 e. The highest BCUT2D eigenvalue weighted by Gasteiger charge is 2.08. The predicted molar refractivity (Wildman–Crippen MR) is 82.3 cm³/mol. The quantitative estimate of drug-likeness (QED) is 0.683. The van der Waals surface area contributed by atoms with Crippen LogP contribution in [-0.2, 0) is 0 Å². The molecule has 102 valence electrons. The lowest BCUT2D eigenvalue weighted by Gasteiger charge is -2.08. The van der Waals surface area contributed by atoms with E-state index in [4.69, 9.17) is 5.73 Å². The second-order valence-electron chi connectivity index (χ2n) is 4.07. The van der Waals surface area contributed by atoms with Gasteiger partial charge in [-0.1, -0.05) is 35.6 Å². The Hall–Kier alpha value is -1.66. The van der Waals surface area contributed by atoms with E-state index >= 15 is 0 Å². The van der Waals surface area contributed by atoms with Crippen LogP contribution in [0.1, 0.15) is 5.56 Å². The SMILES string of the molecule is Cc1ccccc1-c1nnc(N=C(N)N(C)C)s1.Cl. The van der Waals surface area contributed by atoms with Gasteiger partial charge in [-0.3, -0.25) is 0 Å². The number of aryl methyl sites for hydroxylation is 1. The molecular formula is C12H16ClN5S. The first-order valence-corrected chi connectivity index (χ1v) is 6.30. The van der Waals surface area contributed by atoms with E-state index in [-0.39, 0.29) is 12.4 Å². The van der Waals surface area contributed by atoms with Gasteiger partial charge in [0.15, 0.2) is 5.96 Å². The van der Waals surface area contributed by atoms with Crippen molar-refractivity contribution in [1.29, 1.82) is 0 Å². The minimum atomic E-state index is 0. The van der Waals surface area contributed by atoms with Crippen molar-refractivity contribution in [2.75, 3.05) is 14.1 Å². The van der Waals surface area contributed by atoms with E-state index < -0.39 is 0 Å². The van der Waals surface area contributed by atoms with E-state index in [1.165, 1.54) is 16.9 Å². The standard InChI is InChI=1S/C12H15N5S.ClH/c1-8-6-4-5-7-9(8)10-15-16-12(18-10)14-11(13)17(2)3;/h4-7H,1-3H3,(H2,13,14,16);1H. The van der Waals surface area contributed by atoms with Crippen molar-refractivity contribution in [3.8, 4) is 10.6 Å². The number of guanidine groups is 1. The highest BCUT2D eigenvalue weighted by molar-refractivity contribution is 7.18. The van der Waals surface area contributed by atoms with Gasteiger partial charge in [0.05, 0.1) is 0 Å². The van der Waals surface area contributed by atoms with Crippen LogP contribution < -0.4 is 5.73 Å². The van der Waals surface area contributed by atoms with Crippen LogP contribution in [0.2, 0.25) is 0 Å². The van der Waals surface area contributed by atoms with Gasteiger partial charge in [0.1, 0.15) is 5.01 Å². The zero-order chi connectivity index (χ0) is 13.1. The Morgan fingerprint density at radius 1 is 1.26 bits per heavy atom. The smallest absolute Gasteiger partial charge is 0.235 e. The number of benzene rings is 1. The zero-order valence-corrected chi connectivity index (χ0v) is 12.6. The molecule has 0 atom stereocenters. The lowest BCUT2D eigenvalue weighted by atomic mass is 10.1. The van der Waals surface area contributed by atoms with E-state index in [1.54, 1.807) is 4.90 Å². The second kappa shape index (κ2) is 6.49. The van der Waals surface area contributed by atoms with Crippen LogP contribution in [0.25, 0.3) is 10.6 Å². The molecule has 1 heterocycles. The number of hydrogen-bond acceptors (Lipinski definition) is 4. The molecule has 5 nitrogen and oxygen atoms in total. The summed E-state index contributed by atoms with van der Waals surface area (Å²) >= 11 is 1.43. The predicted octanol–water partition coefficient (Wildman–Crippen LogP) is 2.44. The molecule has 0 saturated carbocycles. The fourth-order valence-corrected chi connectivity index (χ4v) is 2.19. The topological polar surface area (TPSA) is 67.4 Å². The molecule has 0 bridgehead atoms. The summed E-state index contributed by atoms with van der Waals surface area (Å²) in [5, 5.41) is 9.61. The maximum Gasteiger partial charge on any atom is 0.235 e. The van der Waals surface area contributed by atoms with Crippen LogP contribution in [-0.4, -0.2) is 35.2 Å². The first-order chi connectivity index (χ1) is 8.58. The van der Waals surface area contributed by atoms with E-state index in [9.17, 15) is 0 Å². The molecule has 1 aromatic heterocycles. The van der Waals surface area contributed by atoms with E-state index in [2.05, 4.69) is 15.2 Å². The second-order valence-corrected chi connectivity index (χ2v) is 5.03. The van der Waals surface area contributed by atoms with Crippen LogP contribution in [0, 0.1) is 6.92 Å². The van der Waals surface area contributed by atoms with Crippen molar-refractivity contribution in [1.82, 2.24) is 15.1 Å². The summed E-state index contributed by atoms with van der Waals surface area (Å²) in [4.78, 5) is 5.93. The molecule has 19 heavy (non-hydrogen) atoms. The van der Waals surface area contributed by atoms with Gasteiger partial charge < -0.3 is 10.6 Å². The van der Waals surface area contributed by atoms with Crippen LogP contribution in [0.15, 0.2) is 29.3 Å². The van der Waals surface area contributed by atoms with E-state index in [0.29, 0.717) is 11.1 Å². The lowest BCUT2D eigenvalue weighted by molar-refractivity contribution is 0.614. The molecule has 7 heteroatoms. The van der Waals surface area contributed by atoms with E-state index in [0.717, 1.165) is 10.6 Å². The number of nitrogens with zero attached hydrogens (tertiary/aromatic N) is 4. The summed E-state index contributed by atoms with van der Waals surface area (Å²) < 4.78 is 0. The van der Waals surface area contributed by atoms with E-state index in [1.807, 2.05) is 45.3 Å².